The molecule has 0 unspecified atom stereocenters. The Kier molecular flexibility index (Phi) is 7.76. The average molecular weight is 519 g/mol. The van der Waals surface area contributed by atoms with Crippen LogP contribution in [0.1, 0.15) is 12.5 Å². The summed E-state index contributed by atoms with van der Waals surface area (Å²) in [5, 5.41) is 2.69. The molecule has 0 saturated carbocycles. The van der Waals surface area contributed by atoms with Crippen LogP contribution in [0.5, 0.6) is 11.5 Å². The van der Waals surface area contributed by atoms with Crippen molar-refractivity contribution in [2.45, 2.75) is 18.2 Å². The first-order valence-corrected chi connectivity index (χ1v) is 12.1. The molecule has 0 aliphatic rings. The fourth-order valence-electron chi connectivity index (χ4n) is 2.81. The lowest BCUT2D eigenvalue weighted by Crippen LogP contribution is -2.20. The largest absolute Gasteiger partial charge is 0.497 e. The topological polar surface area (TPSA) is 93.7 Å². The van der Waals surface area contributed by atoms with E-state index < -0.39 is 10.0 Å². The second kappa shape index (κ2) is 10.5. The lowest BCUT2D eigenvalue weighted by molar-refractivity contribution is -0.118. The van der Waals surface area contributed by atoms with Gasteiger partial charge in [0.1, 0.15) is 11.5 Å². The zero-order valence-electron chi connectivity index (χ0n) is 17.6. The molecule has 168 valence electrons. The molecule has 32 heavy (non-hydrogen) atoms. The molecule has 0 spiro atoms. The molecule has 0 bridgehead atoms. The molecule has 0 fully saturated rings. The van der Waals surface area contributed by atoms with E-state index in [9.17, 15) is 13.2 Å². The number of ether oxygens (including phenoxy) is 2. The van der Waals surface area contributed by atoms with Crippen molar-refractivity contribution in [1.29, 1.82) is 0 Å². The van der Waals surface area contributed by atoms with Crippen LogP contribution >= 0.6 is 15.9 Å². The van der Waals surface area contributed by atoms with Crippen LogP contribution in [0.15, 0.2) is 76.1 Å². The highest BCUT2D eigenvalue weighted by atomic mass is 79.9. The van der Waals surface area contributed by atoms with Gasteiger partial charge in [0.25, 0.3) is 15.9 Å². The fourth-order valence-corrected chi connectivity index (χ4v) is 4.41. The second-order valence-corrected chi connectivity index (χ2v) is 9.35. The monoisotopic (exact) mass is 518 g/mol. The van der Waals surface area contributed by atoms with E-state index >= 15 is 0 Å². The summed E-state index contributed by atoms with van der Waals surface area (Å²) in [6, 6.07) is 18.1. The van der Waals surface area contributed by atoms with Crippen LogP contribution in [0.2, 0.25) is 0 Å². The normalized spacial score (nSPS) is 11.0. The maximum absolute atomic E-state index is 12.6. The van der Waals surface area contributed by atoms with E-state index in [0.29, 0.717) is 22.9 Å². The van der Waals surface area contributed by atoms with Crippen LogP contribution in [0.25, 0.3) is 0 Å². The van der Waals surface area contributed by atoms with Gasteiger partial charge in [0.15, 0.2) is 6.61 Å². The summed E-state index contributed by atoms with van der Waals surface area (Å²) in [6.07, 6.45) is 0.903. The number of amides is 1. The smallest absolute Gasteiger partial charge is 0.262 e. The van der Waals surface area contributed by atoms with E-state index in [1.54, 1.807) is 24.3 Å². The van der Waals surface area contributed by atoms with Gasteiger partial charge in [-0.15, -0.1) is 0 Å². The SMILES string of the molecule is CCc1ccc(OCC(=O)Nc2ccc(S(=O)(=O)Nc3ccc(OC)cc3)cc2)c(Br)c1. The third-order valence-corrected chi connectivity index (χ3v) is 6.57. The number of carbonyl (C=O) groups is 1. The quantitative estimate of drug-likeness (QED) is 0.422. The lowest BCUT2D eigenvalue weighted by atomic mass is 10.2. The minimum Gasteiger partial charge on any atom is -0.497 e. The molecule has 0 aliphatic heterocycles. The third kappa shape index (κ3) is 6.24. The molecule has 3 aromatic carbocycles. The Morgan fingerprint density at radius 3 is 2.22 bits per heavy atom. The van der Waals surface area contributed by atoms with Gasteiger partial charge in [-0.3, -0.25) is 9.52 Å². The zero-order valence-corrected chi connectivity index (χ0v) is 20.0. The summed E-state index contributed by atoms with van der Waals surface area (Å²) in [5.74, 6) is 0.842. The number of benzene rings is 3. The van der Waals surface area contributed by atoms with E-state index in [0.717, 1.165) is 16.5 Å². The maximum atomic E-state index is 12.6. The van der Waals surface area contributed by atoms with Crippen molar-refractivity contribution in [3.8, 4) is 11.5 Å². The van der Waals surface area contributed by atoms with Gasteiger partial charge in [-0.2, -0.15) is 0 Å². The average Bonchev–Trinajstić information content (AvgIpc) is 2.79. The van der Waals surface area contributed by atoms with Gasteiger partial charge < -0.3 is 14.8 Å². The molecular weight excluding hydrogens is 496 g/mol. The van der Waals surface area contributed by atoms with Crippen molar-refractivity contribution in [2.75, 3.05) is 23.8 Å². The zero-order chi connectivity index (χ0) is 23.1. The Labute approximate surface area is 195 Å². The summed E-state index contributed by atoms with van der Waals surface area (Å²) in [7, 11) is -2.23. The van der Waals surface area contributed by atoms with Crippen molar-refractivity contribution in [2.24, 2.45) is 0 Å². The van der Waals surface area contributed by atoms with E-state index in [2.05, 4.69) is 32.9 Å². The van der Waals surface area contributed by atoms with Gasteiger partial charge in [0, 0.05) is 11.4 Å². The van der Waals surface area contributed by atoms with Crippen LogP contribution in [-0.4, -0.2) is 28.0 Å². The molecule has 3 rings (SSSR count). The van der Waals surface area contributed by atoms with Crippen LogP contribution < -0.4 is 19.5 Å². The summed E-state index contributed by atoms with van der Waals surface area (Å²) in [5.41, 5.74) is 2.03. The van der Waals surface area contributed by atoms with Crippen molar-refractivity contribution >= 4 is 43.2 Å². The van der Waals surface area contributed by atoms with Gasteiger partial charge in [-0.25, -0.2) is 8.42 Å². The Morgan fingerprint density at radius 2 is 1.62 bits per heavy atom. The first-order chi connectivity index (χ1) is 15.3. The highest BCUT2D eigenvalue weighted by Crippen LogP contribution is 2.26. The van der Waals surface area contributed by atoms with Gasteiger partial charge >= 0.3 is 0 Å². The number of nitrogens with one attached hydrogen (secondary N) is 2. The van der Waals surface area contributed by atoms with Crippen molar-refractivity contribution in [3.63, 3.8) is 0 Å². The van der Waals surface area contributed by atoms with Gasteiger partial charge in [0.2, 0.25) is 0 Å². The first-order valence-electron chi connectivity index (χ1n) is 9.78. The highest BCUT2D eigenvalue weighted by molar-refractivity contribution is 9.10. The molecule has 0 saturated heterocycles. The van der Waals surface area contributed by atoms with Crippen LogP contribution in [0.3, 0.4) is 0 Å². The lowest BCUT2D eigenvalue weighted by Gasteiger charge is -2.11. The number of rotatable bonds is 9. The van der Waals surface area contributed by atoms with Gasteiger partial charge in [-0.1, -0.05) is 13.0 Å². The van der Waals surface area contributed by atoms with Crippen LogP contribution in [0.4, 0.5) is 11.4 Å². The third-order valence-electron chi connectivity index (χ3n) is 4.55. The number of anilines is 2. The molecule has 0 heterocycles. The summed E-state index contributed by atoms with van der Waals surface area (Å²) in [4.78, 5) is 12.3. The molecule has 3 aromatic rings. The molecule has 1 amide bonds. The number of hydrogen-bond donors (Lipinski definition) is 2. The number of halogens is 1. The number of sulfonamides is 1. The molecule has 0 atom stereocenters. The minimum absolute atomic E-state index is 0.0718. The van der Waals surface area contributed by atoms with Crippen molar-refractivity contribution < 1.29 is 22.7 Å². The van der Waals surface area contributed by atoms with Crippen molar-refractivity contribution in [3.05, 3.63) is 76.8 Å². The molecule has 0 radical (unpaired) electrons. The molecular formula is C23H23BrN2O5S. The Hall–Kier alpha value is -3.04. The van der Waals surface area contributed by atoms with Gasteiger partial charge in [-0.05, 0) is 88.6 Å². The van der Waals surface area contributed by atoms with E-state index in [-0.39, 0.29) is 17.4 Å². The number of methoxy groups -OCH3 is 1. The number of carbonyl (C=O) groups excluding carboxylic acids is 1. The fraction of sp³-hybridized carbons (Fsp3) is 0.174. The molecule has 0 aliphatic carbocycles. The Bertz CT molecular complexity index is 1180. The molecule has 2 N–H and O–H groups in total. The molecule has 9 heteroatoms. The predicted octanol–water partition coefficient (Wildman–Crippen LogP) is 4.84. The van der Waals surface area contributed by atoms with E-state index in [1.165, 1.54) is 31.4 Å². The van der Waals surface area contributed by atoms with Gasteiger partial charge in [0.05, 0.1) is 16.5 Å². The number of aryl methyl sites for hydroxylation is 1. The van der Waals surface area contributed by atoms with Crippen LogP contribution in [0, 0.1) is 0 Å². The standard InChI is InChI=1S/C23H23BrN2O5S/c1-3-16-4-13-22(21(24)14-16)31-15-23(27)25-17-7-11-20(12-8-17)32(28,29)26-18-5-9-19(30-2)10-6-18/h4-14,26H,3,15H2,1-2H3,(H,25,27). The predicted molar refractivity (Wildman–Crippen MR) is 128 cm³/mol. The van der Waals surface area contributed by atoms with Crippen molar-refractivity contribution in [1.82, 2.24) is 0 Å². The van der Waals surface area contributed by atoms with E-state index in [1.807, 2.05) is 18.2 Å². The summed E-state index contributed by atoms with van der Waals surface area (Å²) >= 11 is 3.44. The minimum atomic E-state index is -3.77. The second-order valence-electron chi connectivity index (χ2n) is 6.81. The number of hydrogen-bond acceptors (Lipinski definition) is 5. The Morgan fingerprint density at radius 1 is 0.969 bits per heavy atom. The maximum Gasteiger partial charge on any atom is 0.262 e. The first kappa shape index (κ1) is 23.6. The summed E-state index contributed by atoms with van der Waals surface area (Å²) < 4.78 is 39.0. The highest BCUT2D eigenvalue weighted by Gasteiger charge is 2.15. The Balaban J connectivity index is 1.58. The van der Waals surface area contributed by atoms with Crippen LogP contribution in [-0.2, 0) is 21.2 Å². The van der Waals surface area contributed by atoms with E-state index in [4.69, 9.17) is 9.47 Å². The molecule has 7 nitrogen and oxygen atoms in total. The molecule has 0 aromatic heterocycles. The summed E-state index contributed by atoms with van der Waals surface area (Å²) in [6.45, 7) is 1.88.